The van der Waals surface area contributed by atoms with Crippen LogP contribution in [0.25, 0.3) is 10.9 Å². The molecule has 2 aliphatic rings. The Bertz CT molecular complexity index is 1550. The lowest BCUT2D eigenvalue weighted by molar-refractivity contribution is -0.185. The molecule has 0 unspecified atom stereocenters. The van der Waals surface area contributed by atoms with Crippen molar-refractivity contribution in [2.75, 3.05) is 31.5 Å². The molecule has 42 heavy (non-hydrogen) atoms. The van der Waals surface area contributed by atoms with Crippen LogP contribution in [-0.2, 0) is 15.7 Å². The summed E-state index contributed by atoms with van der Waals surface area (Å²) in [6.45, 7) is 6.16. The van der Waals surface area contributed by atoms with Gasteiger partial charge in [0.2, 0.25) is 0 Å². The van der Waals surface area contributed by atoms with Gasteiger partial charge in [0.25, 0.3) is 5.56 Å². The van der Waals surface area contributed by atoms with E-state index in [1.807, 2.05) is 0 Å². The van der Waals surface area contributed by atoms with E-state index in [-0.39, 0.29) is 42.7 Å². The highest BCUT2D eigenvalue weighted by molar-refractivity contribution is 5.91. The summed E-state index contributed by atoms with van der Waals surface area (Å²) in [6, 6.07) is 9.96. The Hall–Kier alpha value is -4.05. The van der Waals surface area contributed by atoms with Crippen LogP contribution in [0.1, 0.15) is 52.0 Å². The second-order valence-electron chi connectivity index (χ2n) is 12.1. The number of rotatable bonds is 5. The van der Waals surface area contributed by atoms with Gasteiger partial charge in [0.05, 0.1) is 23.5 Å². The number of likely N-dealkylation sites (tertiary alicyclic amines) is 1. The average molecular weight is 586 g/mol. The second-order valence-corrected chi connectivity index (χ2v) is 12.1. The number of piperidine rings is 1. The number of nitriles is 1. The van der Waals surface area contributed by atoms with Gasteiger partial charge >= 0.3 is 12.3 Å². The fraction of sp³-hybridized carbons (Fsp3) is 0.517. The van der Waals surface area contributed by atoms with Crippen LogP contribution in [0.4, 0.5) is 29.5 Å². The number of nitrogens with zero attached hydrogens (tertiary/aromatic N) is 4. The summed E-state index contributed by atoms with van der Waals surface area (Å²) in [5.74, 6) is 0.222. The Labute approximate surface area is 240 Å². The number of benzene rings is 1. The highest BCUT2D eigenvalue weighted by Crippen LogP contribution is 2.46. The first-order chi connectivity index (χ1) is 19.8. The maximum Gasteiger partial charge on any atom is 0.410 e. The fourth-order valence-electron chi connectivity index (χ4n) is 5.92. The van der Waals surface area contributed by atoms with Crippen LogP contribution in [0.3, 0.4) is 0 Å². The first-order valence-corrected chi connectivity index (χ1v) is 13.9. The number of pyridine rings is 1. The number of fused-ring (bicyclic) bond motifs is 1. The molecule has 3 N–H and O–H groups in total. The summed E-state index contributed by atoms with van der Waals surface area (Å²) in [7, 11) is 0. The number of aromatic amines is 1. The van der Waals surface area contributed by atoms with Gasteiger partial charge in [0.1, 0.15) is 16.4 Å². The van der Waals surface area contributed by atoms with E-state index in [0.29, 0.717) is 37.1 Å². The first-order valence-electron chi connectivity index (χ1n) is 13.9. The molecule has 13 heteroatoms. The van der Waals surface area contributed by atoms with Crippen molar-refractivity contribution in [1.82, 2.24) is 25.0 Å². The highest BCUT2D eigenvalue weighted by Gasteiger charge is 2.57. The van der Waals surface area contributed by atoms with E-state index >= 15 is 0 Å². The Morgan fingerprint density at radius 3 is 2.40 bits per heavy atom. The quantitative estimate of drug-likeness (QED) is 0.389. The largest absolute Gasteiger partial charge is 0.444 e. The Kier molecular flexibility index (Phi) is 7.47. The summed E-state index contributed by atoms with van der Waals surface area (Å²) in [5, 5.41) is 20.7. The van der Waals surface area contributed by atoms with Gasteiger partial charge in [-0.2, -0.15) is 23.5 Å². The number of ether oxygens (including phenoxy) is 1. The number of hydrogen-bond donors (Lipinski definition) is 3. The van der Waals surface area contributed by atoms with Crippen molar-refractivity contribution < 1.29 is 22.7 Å². The molecule has 0 aliphatic carbocycles. The van der Waals surface area contributed by atoms with Crippen LogP contribution >= 0.6 is 0 Å². The van der Waals surface area contributed by atoms with Gasteiger partial charge in [0.15, 0.2) is 5.82 Å². The molecule has 0 saturated carbocycles. The first kappa shape index (κ1) is 29.4. The number of halogens is 3. The van der Waals surface area contributed by atoms with Gasteiger partial charge in [-0.3, -0.25) is 9.48 Å². The zero-order valence-electron chi connectivity index (χ0n) is 23.8. The van der Waals surface area contributed by atoms with Crippen LogP contribution < -0.4 is 16.2 Å². The fourth-order valence-corrected chi connectivity index (χ4v) is 5.92. The van der Waals surface area contributed by atoms with Crippen molar-refractivity contribution in [3.63, 3.8) is 0 Å². The lowest BCUT2D eigenvalue weighted by atomic mass is 9.79. The van der Waals surface area contributed by atoms with Gasteiger partial charge in [-0.15, -0.1) is 0 Å². The SMILES string of the molecule is CC(C)(C)OC(=O)N1CCC(CC#N)(n2nc(Nc3ccc([C@@]4(C(F)(F)F)CCNC4)cc3)c3c(=O)[nH]ccc32)CC1. The standard InChI is InChI=1S/C29H34F3N7O3/c1-26(2,3)42-25(41)38-16-11-27(9-13-33,12-17-38)39-21-8-14-35-24(40)22(21)23(37-39)36-20-6-4-19(5-7-20)28(29(30,31)32)10-15-34-18-28/h4-8,14,34H,9-12,15-18H2,1-3H3,(H,35,40)(H,36,37)/t28-/m1/s1. The molecule has 0 bridgehead atoms. The minimum absolute atomic E-state index is 0.0416. The third-order valence-corrected chi connectivity index (χ3v) is 8.21. The lowest BCUT2D eigenvalue weighted by Gasteiger charge is -2.41. The molecular formula is C29H34F3N7O3. The molecule has 2 aromatic heterocycles. The van der Waals surface area contributed by atoms with Crippen molar-refractivity contribution >= 4 is 28.5 Å². The molecule has 10 nitrogen and oxygen atoms in total. The Morgan fingerprint density at radius 2 is 1.83 bits per heavy atom. The zero-order valence-corrected chi connectivity index (χ0v) is 23.8. The number of nitrogens with one attached hydrogen (secondary N) is 3. The summed E-state index contributed by atoms with van der Waals surface area (Å²) in [4.78, 5) is 29.9. The maximum atomic E-state index is 14.0. The number of anilines is 2. The minimum Gasteiger partial charge on any atom is -0.444 e. The predicted molar refractivity (Wildman–Crippen MR) is 151 cm³/mol. The van der Waals surface area contributed by atoms with Crippen molar-refractivity contribution in [2.24, 2.45) is 0 Å². The van der Waals surface area contributed by atoms with Crippen molar-refractivity contribution in [3.8, 4) is 6.07 Å². The molecule has 3 aromatic rings. The van der Waals surface area contributed by atoms with Gasteiger partial charge in [-0.05, 0) is 70.3 Å². The predicted octanol–water partition coefficient (Wildman–Crippen LogP) is 4.90. The van der Waals surface area contributed by atoms with Gasteiger partial charge in [0, 0.05) is 31.5 Å². The molecule has 0 radical (unpaired) electrons. The van der Waals surface area contributed by atoms with Crippen LogP contribution in [0.2, 0.25) is 0 Å². The summed E-state index contributed by atoms with van der Waals surface area (Å²) in [6.07, 6.45) is -2.46. The molecule has 1 amide bonds. The topological polar surface area (TPSA) is 128 Å². The number of H-pyrrole nitrogens is 1. The number of carbonyl (C=O) groups is 1. The summed E-state index contributed by atoms with van der Waals surface area (Å²) < 4.78 is 49.3. The van der Waals surface area contributed by atoms with Gasteiger partial charge in [-0.1, -0.05) is 12.1 Å². The molecule has 4 heterocycles. The smallest absolute Gasteiger partial charge is 0.410 e. The monoisotopic (exact) mass is 585 g/mol. The lowest BCUT2D eigenvalue weighted by Crippen LogP contribution is -2.49. The molecule has 0 spiro atoms. The maximum absolute atomic E-state index is 14.0. The molecule has 2 fully saturated rings. The van der Waals surface area contributed by atoms with Crippen LogP contribution in [0, 0.1) is 11.3 Å². The van der Waals surface area contributed by atoms with Crippen molar-refractivity contribution in [3.05, 3.63) is 52.4 Å². The third-order valence-electron chi connectivity index (χ3n) is 8.21. The van der Waals surface area contributed by atoms with E-state index in [9.17, 15) is 28.0 Å². The molecule has 1 aromatic carbocycles. The van der Waals surface area contributed by atoms with E-state index in [1.54, 1.807) is 48.6 Å². The van der Waals surface area contributed by atoms with Crippen molar-refractivity contribution in [1.29, 1.82) is 5.26 Å². The minimum atomic E-state index is -4.40. The molecule has 2 aliphatic heterocycles. The Balaban J connectivity index is 1.46. The number of aromatic nitrogens is 3. The zero-order chi connectivity index (χ0) is 30.3. The summed E-state index contributed by atoms with van der Waals surface area (Å²) >= 11 is 0. The second kappa shape index (κ2) is 10.7. The Morgan fingerprint density at radius 1 is 1.14 bits per heavy atom. The van der Waals surface area contributed by atoms with Crippen LogP contribution in [0.15, 0.2) is 41.3 Å². The van der Waals surface area contributed by atoms with Crippen LogP contribution in [0.5, 0.6) is 0 Å². The van der Waals surface area contributed by atoms with E-state index in [0.717, 1.165) is 0 Å². The number of hydrogen-bond acceptors (Lipinski definition) is 7. The molecule has 5 rings (SSSR count). The highest BCUT2D eigenvalue weighted by atomic mass is 19.4. The number of alkyl halides is 3. The van der Waals surface area contributed by atoms with Crippen LogP contribution in [-0.4, -0.2) is 63.7 Å². The van der Waals surface area contributed by atoms with Gasteiger partial charge in [-0.25, -0.2) is 4.79 Å². The van der Waals surface area contributed by atoms with Gasteiger partial charge < -0.3 is 25.3 Å². The molecule has 2 saturated heterocycles. The third kappa shape index (κ3) is 5.31. The number of carbonyl (C=O) groups excluding carboxylic acids is 1. The molecular weight excluding hydrogens is 551 g/mol. The number of amides is 1. The van der Waals surface area contributed by atoms with E-state index < -0.39 is 34.4 Å². The van der Waals surface area contributed by atoms with E-state index in [4.69, 9.17) is 9.84 Å². The van der Waals surface area contributed by atoms with E-state index in [1.165, 1.54) is 18.3 Å². The molecule has 1 atom stereocenters. The average Bonchev–Trinajstić information content (AvgIpc) is 3.56. The summed E-state index contributed by atoms with van der Waals surface area (Å²) in [5.41, 5.74) is -2.64. The van der Waals surface area contributed by atoms with E-state index in [2.05, 4.69) is 21.7 Å². The van der Waals surface area contributed by atoms with Crippen molar-refractivity contribution in [2.45, 2.75) is 69.2 Å². The molecule has 224 valence electrons. The normalized spacial score (nSPS) is 20.8.